The van der Waals surface area contributed by atoms with Crippen LogP contribution in [0.2, 0.25) is 5.02 Å². The number of halogens is 1. The topological polar surface area (TPSA) is 60.5 Å². The molecule has 8 heteroatoms. The average molecular weight is 428 g/mol. The quantitative estimate of drug-likeness (QED) is 0.626. The number of nitrogens with zero attached hydrogens (tertiary/aromatic N) is 5. The molecule has 1 aliphatic rings. The minimum absolute atomic E-state index is 0.278. The molecule has 2 aromatic carbocycles. The Bertz CT molecular complexity index is 952. The highest BCUT2D eigenvalue weighted by Crippen LogP contribution is 2.20. The summed E-state index contributed by atoms with van der Waals surface area (Å²) in [5.74, 6) is 1.81. The summed E-state index contributed by atoms with van der Waals surface area (Å²) in [6.07, 6.45) is 0.996. The number of hydrogen-bond donors (Lipinski definition) is 1. The number of ether oxygens (including phenoxy) is 1. The molecule has 0 unspecified atom stereocenters. The van der Waals surface area contributed by atoms with E-state index in [-0.39, 0.29) is 6.04 Å². The van der Waals surface area contributed by atoms with E-state index in [1.54, 1.807) is 7.11 Å². The Morgan fingerprint density at radius 3 is 2.57 bits per heavy atom. The van der Waals surface area contributed by atoms with Crippen LogP contribution in [0.3, 0.4) is 0 Å². The third kappa shape index (κ3) is 4.57. The zero-order valence-electron chi connectivity index (χ0n) is 17.5. The van der Waals surface area contributed by atoms with Crippen LogP contribution in [-0.4, -0.2) is 53.5 Å². The maximum Gasteiger partial charge on any atom is 0.209 e. The number of aromatic nitrogens is 4. The van der Waals surface area contributed by atoms with Crippen molar-refractivity contribution in [1.82, 2.24) is 20.2 Å². The van der Waals surface area contributed by atoms with E-state index in [2.05, 4.69) is 45.5 Å². The lowest BCUT2D eigenvalue weighted by molar-refractivity contribution is -0.933. The van der Waals surface area contributed by atoms with Gasteiger partial charge in [-0.2, -0.15) is 0 Å². The zero-order chi connectivity index (χ0) is 20.9. The number of hydrogen-bond acceptors (Lipinski definition) is 5. The van der Waals surface area contributed by atoms with Crippen molar-refractivity contribution in [3.8, 4) is 5.75 Å². The average Bonchev–Trinajstić information content (AvgIpc) is 3.23. The standard InChI is InChI=1S/C22H27ClN6O/c1-3-21(28-13-11-27(12-14-28)19-6-4-5-18(23)15-19)22-24-25-26-29(22)16-17-7-9-20(30-2)10-8-17/h4-10,15,21H,3,11-14,16H2,1-2H3/p+1/t21-/m0/s1. The number of benzene rings is 2. The molecule has 0 aliphatic carbocycles. The monoisotopic (exact) mass is 427 g/mol. The first-order chi connectivity index (χ1) is 14.7. The SMILES string of the molecule is CC[C@@H](c1nnnn1Cc1ccc(OC)cc1)[NH+]1CCN(c2cccc(Cl)c2)CC1. The van der Waals surface area contributed by atoms with Gasteiger partial charge in [-0.1, -0.05) is 36.7 Å². The lowest BCUT2D eigenvalue weighted by atomic mass is 10.1. The van der Waals surface area contributed by atoms with Crippen LogP contribution in [0.15, 0.2) is 48.5 Å². The second-order valence-corrected chi connectivity index (χ2v) is 8.07. The van der Waals surface area contributed by atoms with Crippen molar-refractivity contribution in [2.24, 2.45) is 0 Å². The van der Waals surface area contributed by atoms with Gasteiger partial charge in [0.25, 0.3) is 0 Å². The molecule has 0 bridgehead atoms. The van der Waals surface area contributed by atoms with E-state index in [1.165, 1.54) is 10.6 Å². The highest BCUT2D eigenvalue weighted by Gasteiger charge is 2.31. The summed E-state index contributed by atoms with van der Waals surface area (Å²) < 4.78 is 7.19. The Balaban J connectivity index is 1.44. The molecule has 4 rings (SSSR count). The van der Waals surface area contributed by atoms with Gasteiger partial charge >= 0.3 is 0 Å². The van der Waals surface area contributed by atoms with Crippen molar-refractivity contribution >= 4 is 17.3 Å². The van der Waals surface area contributed by atoms with Crippen molar-refractivity contribution in [3.05, 3.63) is 64.9 Å². The van der Waals surface area contributed by atoms with E-state index in [9.17, 15) is 0 Å². The summed E-state index contributed by atoms with van der Waals surface area (Å²) in [5, 5.41) is 13.5. The van der Waals surface area contributed by atoms with Crippen molar-refractivity contribution < 1.29 is 9.64 Å². The molecular weight excluding hydrogens is 400 g/mol. The number of anilines is 1. The minimum Gasteiger partial charge on any atom is -0.497 e. The van der Waals surface area contributed by atoms with Crippen LogP contribution in [-0.2, 0) is 6.54 Å². The van der Waals surface area contributed by atoms with Crippen LogP contribution >= 0.6 is 11.6 Å². The fourth-order valence-electron chi connectivity index (χ4n) is 4.20. The van der Waals surface area contributed by atoms with Crippen molar-refractivity contribution in [2.45, 2.75) is 25.9 Å². The van der Waals surface area contributed by atoms with E-state index in [4.69, 9.17) is 16.3 Å². The molecule has 1 saturated heterocycles. The first-order valence-corrected chi connectivity index (χ1v) is 10.8. The third-order valence-electron chi connectivity index (χ3n) is 5.84. The molecule has 1 fully saturated rings. The second kappa shape index (κ2) is 9.45. The van der Waals surface area contributed by atoms with Crippen LogP contribution < -0.4 is 14.5 Å². The number of methoxy groups -OCH3 is 1. The summed E-state index contributed by atoms with van der Waals surface area (Å²) in [5.41, 5.74) is 2.35. The second-order valence-electron chi connectivity index (χ2n) is 7.63. The molecule has 2 heterocycles. The third-order valence-corrected chi connectivity index (χ3v) is 6.08. The fraction of sp³-hybridized carbons (Fsp3) is 0.409. The number of rotatable bonds is 7. The summed E-state index contributed by atoms with van der Waals surface area (Å²) >= 11 is 6.17. The Kier molecular flexibility index (Phi) is 6.50. The molecule has 3 aromatic rings. The minimum atomic E-state index is 0.278. The molecule has 30 heavy (non-hydrogen) atoms. The van der Waals surface area contributed by atoms with Crippen LogP contribution in [0, 0.1) is 0 Å². The summed E-state index contributed by atoms with van der Waals surface area (Å²) in [6, 6.07) is 16.4. The van der Waals surface area contributed by atoms with Crippen LogP contribution in [0.5, 0.6) is 5.75 Å². The van der Waals surface area contributed by atoms with Crippen molar-refractivity contribution in [3.63, 3.8) is 0 Å². The number of quaternary nitrogens is 1. The van der Waals surface area contributed by atoms with E-state index in [0.29, 0.717) is 6.54 Å². The Hall–Kier alpha value is -2.64. The maximum atomic E-state index is 6.17. The fourth-order valence-corrected chi connectivity index (χ4v) is 4.39. The highest BCUT2D eigenvalue weighted by atomic mass is 35.5. The first-order valence-electron chi connectivity index (χ1n) is 10.4. The number of tetrazole rings is 1. The summed E-state index contributed by atoms with van der Waals surface area (Å²) in [7, 11) is 1.68. The first kappa shape index (κ1) is 20.6. The lowest BCUT2D eigenvalue weighted by Gasteiger charge is -2.37. The molecule has 0 spiro atoms. The Morgan fingerprint density at radius 2 is 1.90 bits per heavy atom. The van der Waals surface area contributed by atoms with Crippen molar-refractivity contribution in [2.75, 3.05) is 38.2 Å². The molecule has 0 saturated carbocycles. The summed E-state index contributed by atoms with van der Waals surface area (Å²) in [4.78, 5) is 3.93. The van der Waals surface area contributed by atoms with Gasteiger partial charge in [0, 0.05) is 17.1 Å². The summed E-state index contributed by atoms with van der Waals surface area (Å²) in [6.45, 7) is 6.94. The molecule has 158 valence electrons. The lowest BCUT2D eigenvalue weighted by Crippen LogP contribution is -3.15. The van der Waals surface area contributed by atoms with E-state index in [0.717, 1.165) is 54.8 Å². The van der Waals surface area contributed by atoms with Crippen LogP contribution in [0.1, 0.15) is 30.8 Å². The molecule has 1 N–H and O–H groups in total. The molecule has 1 atom stereocenters. The Labute approximate surface area is 182 Å². The Morgan fingerprint density at radius 1 is 1.13 bits per heavy atom. The van der Waals surface area contributed by atoms with E-state index < -0.39 is 0 Å². The predicted octanol–water partition coefficient (Wildman–Crippen LogP) is 2.24. The maximum absolute atomic E-state index is 6.17. The van der Waals surface area contributed by atoms with Gasteiger partial charge in [-0.25, -0.2) is 4.68 Å². The van der Waals surface area contributed by atoms with Gasteiger partial charge < -0.3 is 14.5 Å². The molecule has 0 amide bonds. The smallest absolute Gasteiger partial charge is 0.209 e. The van der Waals surface area contributed by atoms with Gasteiger partial charge in [-0.05, 0) is 46.3 Å². The van der Waals surface area contributed by atoms with E-state index in [1.807, 2.05) is 35.0 Å². The zero-order valence-corrected chi connectivity index (χ0v) is 18.2. The van der Waals surface area contributed by atoms with Gasteiger partial charge in [-0.15, -0.1) is 5.10 Å². The normalized spacial score (nSPS) is 15.9. The molecule has 1 aromatic heterocycles. The molecular formula is C22H28ClN6O+. The largest absolute Gasteiger partial charge is 0.497 e. The highest BCUT2D eigenvalue weighted by molar-refractivity contribution is 6.30. The number of piperazine rings is 1. The molecule has 7 nitrogen and oxygen atoms in total. The number of nitrogens with one attached hydrogen (secondary N) is 1. The molecule has 0 radical (unpaired) electrons. The van der Waals surface area contributed by atoms with Gasteiger partial charge in [0.05, 0.1) is 39.8 Å². The van der Waals surface area contributed by atoms with Gasteiger partial charge in [0.2, 0.25) is 5.82 Å². The van der Waals surface area contributed by atoms with Gasteiger partial charge in [0.15, 0.2) is 0 Å². The van der Waals surface area contributed by atoms with Gasteiger partial charge in [0.1, 0.15) is 11.8 Å². The van der Waals surface area contributed by atoms with Crippen LogP contribution in [0.25, 0.3) is 0 Å². The predicted molar refractivity (Wildman–Crippen MR) is 117 cm³/mol. The van der Waals surface area contributed by atoms with Crippen molar-refractivity contribution in [1.29, 1.82) is 0 Å². The van der Waals surface area contributed by atoms with Crippen LogP contribution in [0.4, 0.5) is 5.69 Å². The van der Waals surface area contributed by atoms with E-state index >= 15 is 0 Å². The molecule has 1 aliphatic heterocycles. The van der Waals surface area contributed by atoms with Gasteiger partial charge in [-0.3, -0.25) is 0 Å².